The summed E-state index contributed by atoms with van der Waals surface area (Å²) in [5.41, 5.74) is 5.81. The van der Waals surface area contributed by atoms with Crippen LogP contribution in [0.4, 0.5) is 10.5 Å². The maximum Gasteiger partial charge on any atom is 0.409 e. The molecule has 3 aromatic rings. The Labute approximate surface area is 246 Å². The number of carboxylic acid groups (broad SMARTS) is 1. The van der Waals surface area contributed by atoms with Crippen LogP contribution >= 0.6 is 0 Å². The molecule has 220 valence electrons. The van der Waals surface area contributed by atoms with Gasteiger partial charge in [0.1, 0.15) is 12.2 Å². The highest BCUT2D eigenvalue weighted by atomic mass is 16.6. The number of carbonyl (C=O) groups is 3. The van der Waals surface area contributed by atoms with Crippen LogP contribution in [0.3, 0.4) is 0 Å². The van der Waals surface area contributed by atoms with Gasteiger partial charge in [0.15, 0.2) is 0 Å². The van der Waals surface area contributed by atoms with Crippen LogP contribution in [-0.4, -0.2) is 73.0 Å². The van der Waals surface area contributed by atoms with E-state index >= 15 is 0 Å². The number of ether oxygens (including phenoxy) is 2. The van der Waals surface area contributed by atoms with Crippen LogP contribution in [0.25, 0.3) is 11.1 Å². The number of carboxylic acids is 1. The van der Waals surface area contributed by atoms with Gasteiger partial charge in [0, 0.05) is 44.3 Å². The van der Waals surface area contributed by atoms with Crippen molar-refractivity contribution in [3.05, 3.63) is 89.0 Å². The van der Waals surface area contributed by atoms with Crippen molar-refractivity contribution in [1.82, 2.24) is 10.2 Å². The lowest BCUT2D eigenvalue weighted by Gasteiger charge is -2.36. The van der Waals surface area contributed by atoms with Gasteiger partial charge in [-0.1, -0.05) is 48.5 Å². The first-order chi connectivity index (χ1) is 20.1. The van der Waals surface area contributed by atoms with Crippen molar-refractivity contribution in [1.29, 1.82) is 0 Å². The largest absolute Gasteiger partial charge is 0.478 e. The van der Waals surface area contributed by atoms with E-state index in [-0.39, 0.29) is 36.7 Å². The number of nitrogens with one attached hydrogen (secondary N) is 1. The summed E-state index contributed by atoms with van der Waals surface area (Å²) < 4.78 is 11.1. The maximum absolute atomic E-state index is 13.0. The molecule has 3 aromatic carbocycles. The van der Waals surface area contributed by atoms with Gasteiger partial charge in [0.05, 0.1) is 12.1 Å². The van der Waals surface area contributed by atoms with Gasteiger partial charge in [-0.05, 0) is 66.8 Å². The summed E-state index contributed by atoms with van der Waals surface area (Å²) in [6.07, 6.45) is -0.345. The first-order valence-electron chi connectivity index (χ1n) is 14.2. The standard InChI is InChI=1S/C33H37N3O6/c1-33(2,3)42-30(37)20-34-19-22-16-23(31(38)39)18-24(17-22)35-12-14-36(15-13-35)32(40)41-21-29-27-10-6-4-8-25(27)26-9-5-7-11-28(26)29/h4-11,16-18,29,34H,12-15,19-21H2,1-3H3,(H,38,39). The van der Waals surface area contributed by atoms with Crippen molar-refractivity contribution in [3.8, 4) is 11.1 Å². The molecule has 9 heteroatoms. The average molecular weight is 572 g/mol. The molecule has 2 N–H and O–H groups in total. The quantitative estimate of drug-likeness (QED) is 0.368. The van der Waals surface area contributed by atoms with Gasteiger partial charge < -0.3 is 29.7 Å². The molecule has 0 aromatic heterocycles. The molecule has 1 amide bonds. The minimum Gasteiger partial charge on any atom is -0.478 e. The maximum atomic E-state index is 13.0. The summed E-state index contributed by atoms with van der Waals surface area (Å²) in [7, 11) is 0. The van der Waals surface area contributed by atoms with Crippen molar-refractivity contribution < 1.29 is 29.0 Å². The minimum absolute atomic E-state index is 0.00347. The topological polar surface area (TPSA) is 108 Å². The van der Waals surface area contributed by atoms with E-state index in [0.29, 0.717) is 32.7 Å². The van der Waals surface area contributed by atoms with Crippen LogP contribution in [0.2, 0.25) is 0 Å². The number of anilines is 1. The lowest BCUT2D eigenvalue weighted by molar-refractivity contribution is -0.153. The molecular formula is C33H37N3O6. The Morgan fingerprint density at radius 1 is 0.905 bits per heavy atom. The monoisotopic (exact) mass is 571 g/mol. The second kappa shape index (κ2) is 12.2. The Morgan fingerprint density at radius 3 is 2.12 bits per heavy atom. The van der Waals surface area contributed by atoms with Crippen molar-refractivity contribution in [3.63, 3.8) is 0 Å². The molecule has 1 fully saturated rings. The van der Waals surface area contributed by atoms with E-state index in [9.17, 15) is 19.5 Å². The smallest absolute Gasteiger partial charge is 0.409 e. The molecule has 1 aliphatic carbocycles. The van der Waals surface area contributed by atoms with Crippen molar-refractivity contribution in [2.75, 3.05) is 44.2 Å². The highest BCUT2D eigenvalue weighted by Crippen LogP contribution is 2.44. The molecule has 0 radical (unpaired) electrons. The fraction of sp³-hybridized carbons (Fsp3) is 0.364. The zero-order valence-electron chi connectivity index (χ0n) is 24.3. The number of hydrogen-bond donors (Lipinski definition) is 2. The molecule has 2 aliphatic rings. The summed E-state index contributed by atoms with van der Waals surface area (Å²) in [5.74, 6) is -1.40. The second-order valence-electron chi connectivity index (χ2n) is 11.7. The predicted octanol–water partition coefficient (Wildman–Crippen LogP) is 4.89. The summed E-state index contributed by atoms with van der Waals surface area (Å²) in [4.78, 5) is 40.7. The van der Waals surface area contributed by atoms with Gasteiger partial charge in [0.2, 0.25) is 0 Å². The van der Waals surface area contributed by atoms with Gasteiger partial charge in [-0.3, -0.25) is 4.79 Å². The number of piperazine rings is 1. The minimum atomic E-state index is -1.03. The molecule has 42 heavy (non-hydrogen) atoms. The van der Waals surface area contributed by atoms with E-state index in [2.05, 4.69) is 34.5 Å². The first-order valence-corrected chi connectivity index (χ1v) is 14.2. The third-order valence-electron chi connectivity index (χ3n) is 7.48. The third-order valence-corrected chi connectivity index (χ3v) is 7.48. The van der Waals surface area contributed by atoms with Crippen LogP contribution < -0.4 is 10.2 Å². The number of carbonyl (C=O) groups excluding carboxylic acids is 2. The Kier molecular flexibility index (Phi) is 8.49. The zero-order chi connectivity index (χ0) is 29.9. The third kappa shape index (κ3) is 6.74. The molecule has 0 spiro atoms. The number of fused-ring (bicyclic) bond motifs is 3. The van der Waals surface area contributed by atoms with Crippen LogP contribution in [0.15, 0.2) is 66.7 Å². The van der Waals surface area contributed by atoms with E-state index in [1.807, 2.05) is 30.3 Å². The van der Waals surface area contributed by atoms with Crippen molar-refractivity contribution in [2.24, 2.45) is 0 Å². The Hall–Kier alpha value is -4.37. The number of aromatic carboxylic acids is 1. The van der Waals surface area contributed by atoms with Gasteiger partial charge in [-0.15, -0.1) is 0 Å². The average Bonchev–Trinajstić information content (AvgIpc) is 3.28. The number of benzene rings is 3. The summed E-state index contributed by atoms with van der Waals surface area (Å²) in [5, 5.41) is 12.7. The lowest BCUT2D eigenvalue weighted by Crippen LogP contribution is -2.49. The molecule has 1 heterocycles. The Balaban J connectivity index is 1.17. The summed E-state index contributed by atoms with van der Waals surface area (Å²) in [6.45, 7) is 8.02. The first kappa shape index (κ1) is 29.1. The fourth-order valence-corrected chi connectivity index (χ4v) is 5.60. The molecule has 9 nitrogen and oxygen atoms in total. The SMILES string of the molecule is CC(C)(C)OC(=O)CNCc1cc(C(=O)O)cc(N2CCN(C(=O)OCC3c4ccccc4-c4ccccc43)CC2)c1. The van der Waals surface area contributed by atoms with E-state index < -0.39 is 11.6 Å². The van der Waals surface area contributed by atoms with E-state index in [1.54, 1.807) is 37.8 Å². The summed E-state index contributed by atoms with van der Waals surface area (Å²) >= 11 is 0. The van der Waals surface area contributed by atoms with Gasteiger partial charge in [-0.25, -0.2) is 9.59 Å². The van der Waals surface area contributed by atoms with Crippen LogP contribution in [0.1, 0.15) is 53.7 Å². The van der Waals surface area contributed by atoms with E-state index in [4.69, 9.17) is 9.47 Å². The highest BCUT2D eigenvalue weighted by Gasteiger charge is 2.30. The summed E-state index contributed by atoms with van der Waals surface area (Å²) in [6, 6.07) is 21.6. The molecule has 0 atom stereocenters. The van der Waals surface area contributed by atoms with E-state index in [0.717, 1.165) is 11.3 Å². The highest BCUT2D eigenvalue weighted by molar-refractivity contribution is 5.89. The Morgan fingerprint density at radius 2 is 1.52 bits per heavy atom. The number of hydrogen-bond acceptors (Lipinski definition) is 7. The zero-order valence-corrected chi connectivity index (χ0v) is 24.3. The normalized spacial score (nSPS) is 14.7. The predicted molar refractivity (Wildman–Crippen MR) is 160 cm³/mol. The number of nitrogens with zero attached hydrogens (tertiary/aromatic N) is 2. The molecule has 1 aliphatic heterocycles. The molecule has 1 saturated heterocycles. The van der Waals surface area contributed by atoms with Crippen LogP contribution in [0.5, 0.6) is 0 Å². The van der Waals surface area contributed by atoms with Crippen LogP contribution in [0, 0.1) is 0 Å². The van der Waals surface area contributed by atoms with Crippen molar-refractivity contribution in [2.45, 2.75) is 38.8 Å². The molecular weight excluding hydrogens is 534 g/mol. The second-order valence-corrected chi connectivity index (χ2v) is 11.7. The lowest BCUT2D eigenvalue weighted by atomic mass is 9.98. The van der Waals surface area contributed by atoms with Crippen LogP contribution in [-0.2, 0) is 20.8 Å². The van der Waals surface area contributed by atoms with Gasteiger partial charge in [-0.2, -0.15) is 0 Å². The van der Waals surface area contributed by atoms with Gasteiger partial charge >= 0.3 is 18.0 Å². The van der Waals surface area contributed by atoms with Crippen molar-refractivity contribution >= 4 is 23.7 Å². The molecule has 0 bridgehead atoms. The molecule has 0 unspecified atom stereocenters. The van der Waals surface area contributed by atoms with E-state index in [1.165, 1.54) is 22.3 Å². The molecule has 5 rings (SSSR count). The number of esters is 1. The molecule has 0 saturated carbocycles. The number of rotatable bonds is 8. The fourth-order valence-electron chi connectivity index (χ4n) is 5.60. The van der Waals surface area contributed by atoms with Gasteiger partial charge in [0.25, 0.3) is 0 Å². The number of amides is 1. The Bertz CT molecular complexity index is 1430.